The SMILES string of the molecule is O=C(CNCCCN1CCOCC1)Nc1ccccc1N1CCOCC1. The highest BCUT2D eigenvalue weighted by Gasteiger charge is 2.15. The molecule has 0 aliphatic carbocycles. The maximum atomic E-state index is 12.3. The van der Waals surface area contributed by atoms with Crippen LogP contribution in [0, 0.1) is 0 Å². The van der Waals surface area contributed by atoms with Crippen LogP contribution in [0.2, 0.25) is 0 Å². The highest BCUT2D eigenvalue weighted by Crippen LogP contribution is 2.26. The standard InChI is InChI=1S/C19H30N4O3/c24-19(16-20-6-3-7-22-8-12-25-13-9-22)21-17-4-1-2-5-18(17)23-10-14-26-15-11-23/h1-2,4-5,20H,3,6-16H2,(H,21,24). The van der Waals surface area contributed by atoms with Gasteiger partial charge in [-0.25, -0.2) is 0 Å². The third-order valence-corrected chi connectivity index (χ3v) is 4.75. The Kier molecular flexibility index (Phi) is 7.69. The Morgan fingerprint density at radius 3 is 2.46 bits per heavy atom. The second-order valence-electron chi connectivity index (χ2n) is 6.65. The summed E-state index contributed by atoms with van der Waals surface area (Å²) in [5.41, 5.74) is 1.94. The molecule has 1 amide bonds. The molecule has 0 bridgehead atoms. The number of ether oxygens (including phenoxy) is 2. The number of benzene rings is 1. The summed E-state index contributed by atoms with van der Waals surface area (Å²) in [6, 6.07) is 7.97. The maximum absolute atomic E-state index is 12.3. The largest absolute Gasteiger partial charge is 0.379 e. The van der Waals surface area contributed by atoms with Gasteiger partial charge in [-0.2, -0.15) is 0 Å². The Bertz CT molecular complexity index is 557. The van der Waals surface area contributed by atoms with Gasteiger partial charge in [0, 0.05) is 26.2 Å². The van der Waals surface area contributed by atoms with Crippen LogP contribution in [-0.4, -0.2) is 83.0 Å². The molecule has 0 spiro atoms. The fourth-order valence-electron chi connectivity index (χ4n) is 3.31. The van der Waals surface area contributed by atoms with E-state index in [1.807, 2.05) is 18.2 Å². The highest BCUT2D eigenvalue weighted by atomic mass is 16.5. The summed E-state index contributed by atoms with van der Waals surface area (Å²) >= 11 is 0. The van der Waals surface area contributed by atoms with Crippen LogP contribution >= 0.6 is 0 Å². The molecular formula is C19H30N4O3. The molecular weight excluding hydrogens is 332 g/mol. The smallest absolute Gasteiger partial charge is 0.238 e. The van der Waals surface area contributed by atoms with Gasteiger partial charge >= 0.3 is 0 Å². The van der Waals surface area contributed by atoms with Crippen LogP contribution in [0.5, 0.6) is 0 Å². The number of para-hydroxylation sites is 2. The van der Waals surface area contributed by atoms with Crippen molar-refractivity contribution in [3.05, 3.63) is 24.3 Å². The Morgan fingerprint density at radius 2 is 1.69 bits per heavy atom. The molecule has 0 atom stereocenters. The highest BCUT2D eigenvalue weighted by molar-refractivity contribution is 5.95. The third-order valence-electron chi connectivity index (χ3n) is 4.75. The van der Waals surface area contributed by atoms with E-state index in [2.05, 4.69) is 26.5 Å². The molecule has 3 rings (SSSR count). The summed E-state index contributed by atoms with van der Waals surface area (Å²) in [6.45, 7) is 9.09. The molecule has 2 aliphatic rings. The van der Waals surface area contributed by atoms with Crippen LogP contribution in [0.3, 0.4) is 0 Å². The fourth-order valence-corrected chi connectivity index (χ4v) is 3.31. The number of hydrogen-bond donors (Lipinski definition) is 2. The van der Waals surface area contributed by atoms with E-state index < -0.39 is 0 Å². The quantitative estimate of drug-likeness (QED) is 0.666. The molecule has 0 unspecified atom stereocenters. The first kappa shape index (κ1) is 19.1. The van der Waals surface area contributed by atoms with Gasteiger partial charge in [0.05, 0.1) is 44.3 Å². The van der Waals surface area contributed by atoms with Crippen molar-refractivity contribution in [3.8, 4) is 0 Å². The first-order valence-electron chi connectivity index (χ1n) is 9.55. The van der Waals surface area contributed by atoms with Crippen molar-refractivity contribution in [1.82, 2.24) is 10.2 Å². The Morgan fingerprint density at radius 1 is 1.00 bits per heavy atom. The average molecular weight is 362 g/mol. The minimum atomic E-state index is -0.00270. The molecule has 2 fully saturated rings. The monoisotopic (exact) mass is 362 g/mol. The van der Waals surface area contributed by atoms with Crippen molar-refractivity contribution in [3.63, 3.8) is 0 Å². The zero-order valence-electron chi connectivity index (χ0n) is 15.4. The van der Waals surface area contributed by atoms with E-state index >= 15 is 0 Å². The van der Waals surface area contributed by atoms with Crippen molar-refractivity contribution in [1.29, 1.82) is 0 Å². The number of nitrogens with one attached hydrogen (secondary N) is 2. The first-order valence-corrected chi connectivity index (χ1v) is 9.55. The lowest BCUT2D eigenvalue weighted by atomic mass is 10.2. The van der Waals surface area contributed by atoms with Crippen molar-refractivity contribution in [2.24, 2.45) is 0 Å². The average Bonchev–Trinajstić information content (AvgIpc) is 2.70. The van der Waals surface area contributed by atoms with Crippen molar-refractivity contribution >= 4 is 17.3 Å². The second-order valence-corrected chi connectivity index (χ2v) is 6.65. The second kappa shape index (κ2) is 10.5. The van der Waals surface area contributed by atoms with E-state index in [9.17, 15) is 4.79 Å². The van der Waals surface area contributed by atoms with Gasteiger partial charge in [0.2, 0.25) is 5.91 Å². The number of hydrogen-bond acceptors (Lipinski definition) is 6. The lowest BCUT2D eigenvalue weighted by Gasteiger charge is -2.30. The van der Waals surface area contributed by atoms with Gasteiger partial charge in [-0.05, 0) is 31.6 Å². The van der Waals surface area contributed by atoms with Gasteiger partial charge in [-0.1, -0.05) is 12.1 Å². The van der Waals surface area contributed by atoms with Gasteiger partial charge in [0.25, 0.3) is 0 Å². The molecule has 0 aromatic heterocycles. The maximum Gasteiger partial charge on any atom is 0.238 e. The Labute approximate surface area is 155 Å². The Balaban J connectivity index is 1.38. The summed E-state index contributed by atoms with van der Waals surface area (Å²) < 4.78 is 10.8. The van der Waals surface area contributed by atoms with Gasteiger partial charge in [0.15, 0.2) is 0 Å². The van der Waals surface area contributed by atoms with E-state index in [0.717, 1.165) is 83.5 Å². The zero-order valence-corrected chi connectivity index (χ0v) is 15.4. The number of carbonyl (C=O) groups is 1. The fraction of sp³-hybridized carbons (Fsp3) is 0.632. The van der Waals surface area contributed by atoms with Crippen molar-refractivity contribution in [2.75, 3.05) is 82.5 Å². The summed E-state index contributed by atoms with van der Waals surface area (Å²) in [6.07, 6.45) is 1.04. The number of amides is 1. The molecule has 0 radical (unpaired) electrons. The van der Waals surface area contributed by atoms with Crippen molar-refractivity contribution < 1.29 is 14.3 Å². The topological polar surface area (TPSA) is 66.1 Å². The Hall–Kier alpha value is -1.67. The van der Waals surface area contributed by atoms with Crippen LogP contribution in [0.1, 0.15) is 6.42 Å². The lowest BCUT2D eigenvalue weighted by Crippen LogP contribution is -2.38. The van der Waals surface area contributed by atoms with Crippen molar-refractivity contribution in [2.45, 2.75) is 6.42 Å². The molecule has 1 aromatic rings. The van der Waals surface area contributed by atoms with Gasteiger partial charge in [-0.3, -0.25) is 9.69 Å². The van der Waals surface area contributed by atoms with E-state index in [1.54, 1.807) is 0 Å². The molecule has 2 heterocycles. The normalized spacial score (nSPS) is 18.7. The molecule has 2 aliphatic heterocycles. The van der Waals surface area contributed by atoms with Crippen LogP contribution < -0.4 is 15.5 Å². The molecule has 7 nitrogen and oxygen atoms in total. The minimum Gasteiger partial charge on any atom is -0.379 e. The summed E-state index contributed by atoms with van der Waals surface area (Å²) in [5, 5.41) is 6.28. The first-order chi connectivity index (χ1) is 12.8. The number of carbonyl (C=O) groups excluding carboxylic acids is 1. The van der Waals surface area contributed by atoms with E-state index in [4.69, 9.17) is 9.47 Å². The van der Waals surface area contributed by atoms with Gasteiger partial charge in [0.1, 0.15) is 0 Å². The predicted molar refractivity (Wildman–Crippen MR) is 103 cm³/mol. The molecule has 26 heavy (non-hydrogen) atoms. The lowest BCUT2D eigenvalue weighted by molar-refractivity contribution is -0.115. The van der Waals surface area contributed by atoms with E-state index in [0.29, 0.717) is 6.54 Å². The number of morpholine rings is 2. The van der Waals surface area contributed by atoms with Crippen LogP contribution in [-0.2, 0) is 14.3 Å². The summed E-state index contributed by atoms with van der Waals surface area (Å²) in [7, 11) is 0. The van der Waals surface area contributed by atoms with Crippen LogP contribution in [0.4, 0.5) is 11.4 Å². The molecule has 1 aromatic carbocycles. The van der Waals surface area contributed by atoms with Crippen LogP contribution in [0.25, 0.3) is 0 Å². The predicted octanol–water partition coefficient (Wildman–Crippen LogP) is 0.774. The molecule has 2 saturated heterocycles. The molecule has 0 saturated carbocycles. The molecule has 2 N–H and O–H groups in total. The van der Waals surface area contributed by atoms with E-state index in [1.165, 1.54) is 0 Å². The summed E-state index contributed by atoms with van der Waals surface area (Å²) in [4.78, 5) is 16.9. The number of rotatable bonds is 8. The zero-order chi connectivity index (χ0) is 18.0. The minimum absolute atomic E-state index is 0.00270. The molecule has 144 valence electrons. The number of anilines is 2. The third kappa shape index (κ3) is 5.95. The summed E-state index contributed by atoms with van der Waals surface area (Å²) in [5.74, 6) is -0.00270. The molecule has 7 heteroatoms. The van der Waals surface area contributed by atoms with Gasteiger partial charge < -0.3 is 25.0 Å². The van der Waals surface area contributed by atoms with Gasteiger partial charge in [-0.15, -0.1) is 0 Å². The number of nitrogens with zero attached hydrogens (tertiary/aromatic N) is 2. The van der Waals surface area contributed by atoms with Crippen LogP contribution in [0.15, 0.2) is 24.3 Å². The van der Waals surface area contributed by atoms with E-state index in [-0.39, 0.29) is 5.91 Å².